The topological polar surface area (TPSA) is 109 Å². The summed E-state index contributed by atoms with van der Waals surface area (Å²) in [5.41, 5.74) is 0. The molecule has 5 nitrogen and oxygen atoms in total. The van der Waals surface area contributed by atoms with Crippen LogP contribution in [0.25, 0.3) is 0 Å². The summed E-state index contributed by atoms with van der Waals surface area (Å²) in [7, 11) is -4.64. The van der Waals surface area contributed by atoms with Gasteiger partial charge in [0, 0.05) is 17.1 Å². The molecule has 0 fully saturated rings. The van der Waals surface area contributed by atoms with Gasteiger partial charge in [0.25, 0.3) is 0 Å². The molecule has 0 amide bonds. The van der Waals surface area contributed by atoms with Crippen molar-refractivity contribution in [2.45, 2.75) is 0 Å². The minimum absolute atomic E-state index is 0. The fourth-order valence-corrected chi connectivity index (χ4v) is 0. The second kappa shape index (κ2) is 13.2. The molecule has 0 aliphatic carbocycles. The maximum Gasteiger partial charge on any atom is 2.00 e. The van der Waals surface area contributed by atoms with Crippen molar-refractivity contribution in [3.05, 3.63) is 0 Å². The quantitative estimate of drug-likeness (QED) is 0.334. The fourth-order valence-electron chi connectivity index (χ4n) is 0. The maximum absolute atomic E-state index is 8.88. The molecule has 0 atom stereocenters. The van der Waals surface area contributed by atoms with Gasteiger partial charge in [0.15, 0.2) is 0 Å². The molecule has 0 aromatic carbocycles. The van der Waals surface area contributed by atoms with Gasteiger partial charge >= 0.3 is 68.6 Å². The first-order valence-electron chi connectivity index (χ1n) is 0.783. The Bertz CT molecular complexity index is 74.7. The van der Waals surface area contributed by atoms with E-state index in [2.05, 4.69) is 0 Å². The normalized spacial score (nSPS) is 6.56. The standard InChI is InChI=1S/Ca.Fe.Mg.H3O4P.H2O.4H/c;;;1-5(2,3)4;;;;;/h;;;(H3,1,2,3,4);1H2;;;;/q+2;;+2;;;4*-1. The average molecular weight is 240 g/mol. The van der Waals surface area contributed by atoms with E-state index in [4.69, 9.17) is 19.2 Å². The number of hydrogen-bond donors (Lipinski definition) is 3. The van der Waals surface area contributed by atoms with Crippen LogP contribution >= 0.6 is 7.82 Å². The van der Waals surface area contributed by atoms with Crippen LogP contribution in [0.1, 0.15) is 5.71 Å². The molecular formula is H9CaFeMgO5P. The molecule has 0 aliphatic rings. The van der Waals surface area contributed by atoms with Crippen molar-refractivity contribution >= 4 is 68.6 Å². The third kappa shape index (κ3) is 115. The predicted octanol–water partition coefficient (Wildman–Crippen LogP) is -2.07. The van der Waals surface area contributed by atoms with Gasteiger partial charge < -0.3 is 25.9 Å². The van der Waals surface area contributed by atoms with Crippen molar-refractivity contribution in [2.24, 2.45) is 0 Å². The van der Waals surface area contributed by atoms with Crippen LogP contribution in [0.15, 0.2) is 0 Å². The van der Waals surface area contributed by atoms with Crippen LogP contribution in [-0.4, -0.2) is 80.9 Å². The third-order valence-corrected chi connectivity index (χ3v) is 0. The van der Waals surface area contributed by atoms with Gasteiger partial charge in [-0.25, -0.2) is 4.57 Å². The smallest absolute Gasteiger partial charge is 1.00 e. The van der Waals surface area contributed by atoms with Crippen LogP contribution < -0.4 is 0 Å². The molecule has 0 saturated heterocycles. The van der Waals surface area contributed by atoms with E-state index < -0.39 is 7.82 Å². The zero-order valence-corrected chi connectivity index (χ0v) is 10.1. The summed E-state index contributed by atoms with van der Waals surface area (Å²) < 4.78 is 8.88. The molecule has 0 unspecified atom stereocenters. The van der Waals surface area contributed by atoms with Gasteiger partial charge in [0.05, 0.1) is 0 Å². The molecule has 0 rings (SSSR count). The Hall–Kier alpha value is 2.62. The SMILES string of the molecule is O.O=P(O)(O)O.[Ca+2].[Fe].[H-].[H-].[H-].[H-].[Mg+2]. The molecule has 0 heterocycles. The Morgan fingerprint density at radius 3 is 1.22 bits per heavy atom. The van der Waals surface area contributed by atoms with Gasteiger partial charge in [0.2, 0.25) is 0 Å². The van der Waals surface area contributed by atoms with Crippen molar-refractivity contribution in [3.63, 3.8) is 0 Å². The Morgan fingerprint density at radius 2 is 1.22 bits per heavy atom. The van der Waals surface area contributed by atoms with Gasteiger partial charge in [-0.15, -0.1) is 0 Å². The Labute approximate surface area is 115 Å². The minimum atomic E-state index is -4.64. The molecule has 0 saturated carbocycles. The maximum atomic E-state index is 8.88. The van der Waals surface area contributed by atoms with Gasteiger partial charge in [-0.05, 0) is 0 Å². The summed E-state index contributed by atoms with van der Waals surface area (Å²) >= 11 is 0. The van der Waals surface area contributed by atoms with Gasteiger partial charge in [-0.1, -0.05) is 0 Å². The summed E-state index contributed by atoms with van der Waals surface area (Å²) in [6.45, 7) is 0. The third-order valence-electron chi connectivity index (χ3n) is 0. The molecular weight excluding hydrogens is 231 g/mol. The van der Waals surface area contributed by atoms with E-state index in [0.29, 0.717) is 0 Å². The molecule has 5 N–H and O–H groups in total. The van der Waals surface area contributed by atoms with E-state index in [1.807, 2.05) is 0 Å². The van der Waals surface area contributed by atoms with Gasteiger partial charge in [-0.3, -0.25) is 0 Å². The predicted molar refractivity (Wildman–Crippen MR) is 33.8 cm³/mol. The van der Waals surface area contributed by atoms with Crippen LogP contribution in [0.4, 0.5) is 0 Å². The molecule has 0 bridgehead atoms. The van der Waals surface area contributed by atoms with E-state index >= 15 is 0 Å². The molecule has 0 aromatic heterocycles. The van der Waals surface area contributed by atoms with E-state index in [-0.39, 0.29) is 89.0 Å². The second-order valence-corrected chi connectivity index (χ2v) is 1.54. The first-order chi connectivity index (χ1) is 2.00. The molecule has 0 radical (unpaired) electrons. The van der Waals surface area contributed by atoms with Crippen molar-refractivity contribution in [1.29, 1.82) is 0 Å². The molecule has 56 valence electrons. The van der Waals surface area contributed by atoms with Crippen LogP contribution in [0.3, 0.4) is 0 Å². The average Bonchev–Trinajstić information content (AvgIpc) is 0.722. The zero-order chi connectivity index (χ0) is 4.50. The van der Waals surface area contributed by atoms with Crippen LogP contribution in [0, 0.1) is 0 Å². The van der Waals surface area contributed by atoms with Crippen molar-refractivity contribution in [1.82, 2.24) is 0 Å². The first-order valence-corrected chi connectivity index (χ1v) is 2.35. The van der Waals surface area contributed by atoms with E-state index in [0.717, 1.165) is 0 Å². The number of rotatable bonds is 0. The molecule has 9 heavy (non-hydrogen) atoms. The first kappa shape index (κ1) is 29.9. The Morgan fingerprint density at radius 1 is 1.22 bits per heavy atom. The van der Waals surface area contributed by atoms with Gasteiger partial charge in [-0.2, -0.15) is 0 Å². The summed E-state index contributed by atoms with van der Waals surface area (Å²) in [4.78, 5) is 21.6. The monoisotopic (exact) mass is 240 g/mol. The number of hydrogen-bond acceptors (Lipinski definition) is 1. The molecule has 0 spiro atoms. The summed E-state index contributed by atoms with van der Waals surface area (Å²) in [6.07, 6.45) is 0. The Kier molecular flexibility index (Phi) is 43.9. The molecule has 0 aromatic rings. The summed E-state index contributed by atoms with van der Waals surface area (Å²) in [6, 6.07) is 0. The minimum Gasteiger partial charge on any atom is -1.00 e. The van der Waals surface area contributed by atoms with Gasteiger partial charge in [0.1, 0.15) is 0 Å². The van der Waals surface area contributed by atoms with Crippen molar-refractivity contribution < 1.29 is 47.5 Å². The molecule has 0 aliphatic heterocycles. The van der Waals surface area contributed by atoms with E-state index in [1.165, 1.54) is 0 Å². The largest absolute Gasteiger partial charge is 2.00 e. The zero-order valence-electron chi connectivity index (χ0n) is 8.46. The van der Waals surface area contributed by atoms with Crippen LogP contribution in [0.2, 0.25) is 0 Å². The van der Waals surface area contributed by atoms with E-state index in [1.54, 1.807) is 0 Å². The summed E-state index contributed by atoms with van der Waals surface area (Å²) in [5, 5.41) is 0. The van der Waals surface area contributed by atoms with E-state index in [9.17, 15) is 0 Å². The Balaban J connectivity index is -0.00000000286. The fraction of sp³-hybridized carbons (Fsp3) is 0. The number of phosphoric acid groups is 1. The van der Waals surface area contributed by atoms with Crippen molar-refractivity contribution in [3.8, 4) is 0 Å². The van der Waals surface area contributed by atoms with Crippen LogP contribution in [0.5, 0.6) is 0 Å². The van der Waals surface area contributed by atoms with Crippen LogP contribution in [-0.2, 0) is 21.6 Å². The second-order valence-electron chi connectivity index (χ2n) is 0.513. The summed E-state index contributed by atoms with van der Waals surface area (Å²) in [5.74, 6) is 0. The molecule has 9 heteroatoms. The van der Waals surface area contributed by atoms with Crippen molar-refractivity contribution in [2.75, 3.05) is 0 Å².